The van der Waals surface area contributed by atoms with E-state index >= 15 is 0 Å². The lowest BCUT2D eigenvalue weighted by Gasteiger charge is -2.59. The maximum atomic E-state index is 11.9. The first-order valence-corrected chi connectivity index (χ1v) is 10.5. The van der Waals surface area contributed by atoms with E-state index in [-0.39, 0.29) is 17.0 Å². The molecule has 1 saturated heterocycles. The zero-order chi connectivity index (χ0) is 17.4. The summed E-state index contributed by atoms with van der Waals surface area (Å²) in [7, 11) is 0. The van der Waals surface area contributed by atoms with Gasteiger partial charge in [-0.2, -0.15) is 0 Å². The van der Waals surface area contributed by atoms with Crippen LogP contribution in [-0.2, 0) is 9.53 Å². The fourth-order valence-electron chi connectivity index (χ4n) is 7.94. The van der Waals surface area contributed by atoms with Crippen molar-refractivity contribution >= 4 is 5.97 Å². The highest BCUT2D eigenvalue weighted by Gasteiger charge is 2.66. The van der Waals surface area contributed by atoms with Crippen LogP contribution in [0.4, 0.5) is 0 Å². The average Bonchev–Trinajstić information content (AvgIpc) is 3.10. The van der Waals surface area contributed by atoms with Gasteiger partial charge in [-0.15, -0.1) is 0 Å². The molecule has 1 heterocycles. The van der Waals surface area contributed by atoms with Gasteiger partial charge in [-0.1, -0.05) is 37.6 Å². The van der Waals surface area contributed by atoms with E-state index in [1.807, 2.05) is 0 Å². The van der Waals surface area contributed by atoms with E-state index in [9.17, 15) is 4.79 Å². The molecular formula is C23H32O2. The van der Waals surface area contributed by atoms with Gasteiger partial charge in [-0.25, -0.2) is 0 Å². The van der Waals surface area contributed by atoms with Crippen molar-refractivity contribution in [1.29, 1.82) is 0 Å². The van der Waals surface area contributed by atoms with Gasteiger partial charge >= 0.3 is 5.97 Å². The molecule has 4 unspecified atom stereocenters. The van der Waals surface area contributed by atoms with Crippen molar-refractivity contribution in [2.75, 3.05) is 0 Å². The van der Waals surface area contributed by atoms with Gasteiger partial charge in [0.2, 0.25) is 0 Å². The highest BCUT2D eigenvalue weighted by molar-refractivity contribution is 5.72. The molecule has 5 rings (SSSR count). The number of fused-ring (bicyclic) bond motifs is 6. The van der Waals surface area contributed by atoms with Crippen LogP contribution in [0.25, 0.3) is 0 Å². The summed E-state index contributed by atoms with van der Waals surface area (Å²) in [5.41, 5.74) is 3.51. The largest absolute Gasteiger partial charge is 0.458 e. The zero-order valence-corrected chi connectivity index (χ0v) is 15.9. The molecule has 2 nitrogen and oxygen atoms in total. The van der Waals surface area contributed by atoms with Crippen LogP contribution in [0.1, 0.15) is 78.1 Å². The molecule has 25 heavy (non-hydrogen) atoms. The summed E-state index contributed by atoms with van der Waals surface area (Å²) in [5, 5.41) is 0. The number of carbonyl (C=O) groups is 1. The Hall–Kier alpha value is -1.05. The van der Waals surface area contributed by atoms with Crippen molar-refractivity contribution < 1.29 is 9.53 Å². The minimum Gasteiger partial charge on any atom is -0.458 e. The molecule has 0 aromatic rings. The summed E-state index contributed by atoms with van der Waals surface area (Å²) in [6, 6.07) is 0. The van der Waals surface area contributed by atoms with Gasteiger partial charge in [0.05, 0.1) is 0 Å². The lowest BCUT2D eigenvalue weighted by atomic mass is 9.46. The summed E-state index contributed by atoms with van der Waals surface area (Å²) in [5.74, 6) is 2.45. The van der Waals surface area contributed by atoms with Crippen molar-refractivity contribution in [2.45, 2.75) is 83.7 Å². The number of esters is 1. The fraction of sp³-hybridized carbons (Fsp3) is 0.783. The first-order chi connectivity index (χ1) is 11.9. The van der Waals surface area contributed by atoms with Crippen LogP contribution in [0.3, 0.4) is 0 Å². The Morgan fingerprint density at radius 1 is 1.00 bits per heavy atom. The van der Waals surface area contributed by atoms with Gasteiger partial charge in [0.15, 0.2) is 0 Å². The highest BCUT2D eigenvalue weighted by Crippen LogP contribution is 2.69. The summed E-state index contributed by atoms with van der Waals surface area (Å²) < 4.78 is 6.05. The van der Waals surface area contributed by atoms with Crippen LogP contribution in [0.2, 0.25) is 0 Å². The molecule has 0 bridgehead atoms. The molecule has 0 N–H and O–H groups in total. The maximum Gasteiger partial charge on any atom is 0.306 e. The lowest BCUT2D eigenvalue weighted by molar-refractivity contribution is -0.167. The van der Waals surface area contributed by atoms with Crippen LogP contribution in [0.15, 0.2) is 23.8 Å². The Balaban J connectivity index is 1.49. The SMILES string of the molecule is C=C1C=C2CCC3C(CC[C@@]4(C)C3CCC43CCC(=O)O3)[C@@]2(C)CC1. The molecular weight excluding hydrogens is 308 g/mol. The standard InChI is InChI=1S/C23H32O2/c1-15-6-10-21(2)16(14-15)4-5-17-18(21)7-11-22(3)19(17)8-12-23(22)13-9-20(24)25-23/h14,17-19H,1,4-13H2,2-3H3/t17?,18?,19?,21-,22-,23?/m0/s1. The van der Waals surface area contributed by atoms with E-state index in [1.165, 1.54) is 50.5 Å². The number of rotatable bonds is 0. The number of hydrogen-bond acceptors (Lipinski definition) is 2. The third-order valence-electron chi connectivity index (χ3n) is 9.41. The molecule has 1 aliphatic heterocycles. The molecule has 4 fully saturated rings. The summed E-state index contributed by atoms with van der Waals surface area (Å²) >= 11 is 0. The summed E-state index contributed by atoms with van der Waals surface area (Å²) in [6.07, 6.45) is 14.1. The van der Waals surface area contributed by atoms with Gasteiger partial charge in [0, 0.05) is 11.8 Å². The third-order valence-corrected chi connectivity index (χ3v) is 9.41. The fourth-order valence-corrected chi connectivity index (χ4v) is 7.94. The predicted molar refractivity (Wildman–Crippen MR) is 98.9 cm³/mol. The second-order valence-electron chi connectivity index (χ2n) is 10.1. The third kappa shape index (κ3) is 1.95. The number of ether oxygens (including phenoxy) is 1. The number of hydrogen-bond donors (Lipinski definition) is 0. The second-order valence-corrected chi connectivity index (χ2v) is 10.1. The average molecular weight is 341 g/mol. The second kappa shape index (κ2) is 5.02. The van der Waals surface area contributed by atoms with Gasteiger partial charge in [0.1, 0.15) is 5.60 Å². The summed E-state index contributed by atoms with van der Waals surface area (Å²) in [6.45, 7) is 9.25. The molecule has 0 radical (unpaired) electrons. The van der Waals surface area contributed by atoms with Gasteiger partial charge in [-0.05, 0) is 81.0 Å². The molecule has 3 saturated carbocycles. The van der Waals surface area contributed by atoms with E-state index in [4.69, 9.17) is 4.74 Å². The lowest BCUT2D eigenvalue weighted by Crippen LogP contribution is -2.54. The van der Waals surface area contributed by atoms with Crippen molar-refractivity contribution in [3.63, 3.8) is 0 Å². The Labute approximate surface area is 152 Å². The van der Waals surface area contributed by atoms with Crippen LogP contribution in [-0.4, -0.2) is 11.6 Å². The topological polar surface area (TPSA) is 26.3 Å². The predicted octanol–water partition coefficient (Wildman–Crippen LogP) is 5.58. The van der Waals surface area contributed by atoms with E-state index in [1.54, 1.807) is 5.57 Å². The molecule has 0 aromatic carbocycles. The molecule has 2 heteroatoms. The monoisotopic (exact) mass is 340 g/mol. The Morgan fingerprint density at radius 3 is 2.56 bits per heavy atom. The van der Waals surface area contributed by atoms with E-state index in [2.05, 4.69) is 26.5 Å². The van der Waals surface area contributed by atoms with Crippen molar-refractivity contribution in [3.05, 3.63) is 23.8 Å². The molecule has 6 atom stereocenters. The van der Waals surface area contributed by atoms with Gasteiger partial charge in [-0.3, -0.25) is 4.79 Å². The van der Waals surface area contributed by atoms with Gasteiger partial charge < -0.3 is 4.74 Å². The zero-order valence-electron chi connectivity index (χ0n) is 15.9. The Morgan fingerprint density at radius 2 is 1.80 bits per heavy atom. The van der Waals surface area contributed by atoms with E-state index in [0.717, 1.165) is 30.6 Å². The molecule has 4 aliphatic carbocycles. The number of carbonyl (C=O) groups excluding carboxylic acids is 1. The van der Waals surface area contributed by atoms with E-state index < -0.39 is 0 Å². The van der Waals surface area contributed by atoms with Crippen molar-refractivity contribution in [3.8, 4) is 0 Å². The van der Waals surface area contributed by atoms with Crippen LogP contribution in [0, 0.1) is 28.6 Å². The first-order valence-electron chi connectivity index (χ1n) is 10.5. The first kappa shape index (κ1) is 16.1. The number of allylic oxidation sites excluding steroid dienone is 3. The molecule has 5 aliphatic rings. The van der Waals surface area contributed by atoms with Gasteiger partial charge in [0.25, 0.3) is 0 Å². The molecule has 136 valence electrons. The van der Waals surface area contributed by atoms with Crippen molar-refractivity contribution in [2.24, 2.45) is 28.6 Å². The minimum atomic E-state index is -0.127. The highest BCUT2D eigenvalue weighted by atomic mass is 16.6. The Kier molecular flexibility index (Phi) is 3.24. The van der Waals surface area contributed by atoms with Crippen LogP contribution in [0.5, 0.6) is 0 Å². The molecule has 0 amide bonds. The van der Waals surface area contributed by atoms with Crippen LogP contribution < -0.4 is 0 Å². The summed E-state index contributed by atoms with van der Waals surface area (Å²) in [4.78, 5) is 11.9. The minimum absolute atomic E-state index is 0.0515. The van der Waals surface area contributed by atoms with Crippen molar-refractivity contribution in [1.82, 2.24) is 0 Å². The Bertz CT molecular complexity index is 676. The van der Waals surface area contributed by atoms with E-state index in [0.29, 0.717) is 11.8 Å². The normalized spacial score (nSPS) is 51.6. The maximum absolute atomic E-state index is 11.9. The molecule has 0 aromatic heterocycles. The van der Waals surface area contributed by atoms with Crippen LogP contribution >= 0.6 is 0 Å². The molecule has 1 spiro atoms. The quantitative estimate of drug-likeness (QED) is 0.538. The smallest absolute Gasteiger partial charge is 0.306 e.